The minimum atomic E-state index is 0. The van der Waals surface area contributed by atoms with Crippen molar-refractivity contribution in [2.45, 2.75) is 58.0 Å². The van der Waals surface area contributed by atoms with E-state index in [0.29, 0.717) is 11.1 Å². The number of nitrogens with one attached hydrogen (secondary N) is 1. The number of hydrogen-bond donors (Lipinski definition) is 1. The molecule has 12 heavy (non-hydrogen) atoms. The Morgan fingerprint density at radius 1 is 0.917 bits per heavy atom. The van der Waals surface area contributed by atoms with Crippen LogP contribution >= 0.6 is 12.4 Å². The van der Waals surface area contributed by atoms with E-state index >= 15 is 0 Å². The first kappa shape index (κ1) is 15.3. The number of piperidine rings is 1. The van der Waals surface area contributed by atoms with E-state index in [0.717, 1.165) is 0 Å². The Hall–Kier alpha value is 0.847. The normalized spacial score (nSPS) is 25.0. The number of halogens is 1. The Morgan fingerprint density at radius 2 is 1.25 bits per heavy atom. The molecule has 0 unspecified atom stereocenters. The minimum absolute atomic E-state index is 0. The Kier molecular flexibility index (Phi) is 6.27. The third kappa shape index (κ3) is 4.77. The van der Waals surface area contributed by atoms with Crippen molar-refractivity contribution in [3.05, 3.63) is 0 Å². The van der Waals surface area contributed by atoms with Crippen LogP contribution in [0.25, 0.3) is 0 Å². The van der Waals surface area contributed by atoms with Gasteiger partial charge >= 0.3 is 18.9 Å². The third-order valence-electron chi connectivity index (χ3n) is 2.28. The van der Waals surface area contributed by atoms with Crippen LogP contribution in [0.1, 0.15) is 47.0 Å². The van der Waals surface area contributed by atoms with Gasteiger partial charge in [-0.2, -0.15) is 0 Å². The molecule has 1 nitrogen and oxygen atoms in total. The second-order valence-corrected chi connectivity index (χ2v) is 4.75. The van der Waals surface area contributed by atoms with E-state index in [1.807, 2.05) is 0 Å². The zero-order valence-electron chi connectivity index (χ0n) is 8.03. The molecule has 1 aliphatic rings. The van der Waals surface area contributed by atoms with Gasteiger partial charge in [0.1, 0.15) is 0 Å². The molecule has 0 bridgehead atoms. The molecular formula is C9H21ClLiN. The fourth-order valence-electron chi connectivity index (χ4n) is 2.01. The molecule has 1 rings (SSSR count). The molecule has 0 spiro atoms. The van der Waals surface area contributed by atoms with Gasteiger partial charge in [-0.05, 0) is 47.0 Å². The van der Waals surface area contributed by atoms with Gasteiger partial charge in [0.2, 0.25) is 0 Å². The predicted octanol–water partition coefficient (Wildman–Crippen LogP) is 2.09. The topological polar surface area (TPSA) is 12.0 Å². The van der Waals surface area contributed by atoms with Crippen molar-refractivity contribution in [3.63, 3.8) is 0 Å². The van der Waals surface area contributed by atoms with E-state index in [1.165, 1.54) is 19.3 Å². The molecule has 0 amide bonds. The second-order valence-electron chi connectivity index (χ2n) is 4.75. The van der Waals surface area contributed by atoms with E-state index in [2.05, 4.69) is 33.0 Å². The average molecular weight is 186 g/mol. The van der Waals surface area contributed by atoms with Crippen molar-refractivity contribution in [1.82, 2.24) is 5.32 Å². The Labute approximate surface area is 94.7 Å². The first-order chi connectivity index (χ1) is 4.41. The first-order valence-corrected chi connectivity index (χ1v) is 4.21. The molecule has 1 N–H and O–H groups in total. The van der Waals surface area contributed by atoms with Gasteiger partial charge < -0.3 is 5.32 Å². The molecule has 1 aliphatic heterocycles. The van der Waals surface area contributed by atoms with Crippen LogP contribution in [0.2, 0.25) is 0 Å². The Balaban J connectivity index is 0. The van der Waals surface area contributed by atoms with Crippen molar-refractivity contribution < 1.29 is 0 Å². The zero-order chi connectivity index (χ0) is 7.83. The van der Waals surface area contributed by atoms with Gasteiger partial charge in [0, 0.05) is 11.1 Å². The fourth-order valence-corrected chi connectivity index (χ4v) is 2.01. The van der Waals surface area contributed by atoms with Crippen LogP contribution in [-0.4, -0.2) is 29.9 Å². The molecule has 0 saturated carbocycles. The summed E-state index contributed by atoms with van der Waals surface area (Å²) in [5, 5.41) is 3.63. The predicted molar refractivity (Wildman–Crippen MR) is 59.5 cm³/mol. The monoisotopic (exact) mass is 185 g/mol. The van der Waals surface area contributed by atoms with Crippen molar-refractivity contribution >= 4 is 31.3 Å². The molecule has 1 heterocycles. The van der Waals surface area contributed by atoms with Gasteiger partial charge in [0.05, 0.1) is 0 Å². The van der Waals surface area contributed by atoms with E-state index in [1.54, 1.807) is 0 Å². The summed E-state index contributed by atoms with van der Waals surface area (Å²) in [5.74, 6) is 0. The average Bonchev–Trinajstić information content (AvgIpc) is 1.56. The van der Waals surface area contributed by atoms with Crippen molar-refractivity contribution in [2.75, 3.05) is 0 Å². The summed E-state index contributed by atoms with van der Waals surface area (Å²) in [7, 11) is 0. The molecule has 0 aromatic carbocycles. The molecule has 1 saturated heterocycles. The summed E-state index contributed by atoms with van der Waals surface area (Å²) in [4.78, 5) is 0. The van der Waals surface area contributed by atoms with E-state index < -0.39 is 0 Å². The van der Waals surface area contributed by atoms with Crippen LogP contribution in [0.5, 0.6) is 0 Å². The fraction of sp³-hybridized carbons (Fsp3) is 1.00. The van der Waals surface area contributed by atoms with E-state index in [-0.39, 0.29) is 31.3 Å². The van der Waals surface area contributed by atoms with Crippen LogP contribution in [0.15, 0.2) is 0 Å². The van der Waals surface area contributed by atoms with Crippen LogP contribution in [0.4, 0.5) is 0 Å². The molecular weight excluding hydrogens is 164 g/mol. The molecule has 0 atom stereocenters. The summed E-state index contributed by atoms with van der Waals surface area (Å²) in [6.07, 6.45) is 4.00. The maximum atomic E-state index is 3.63. The maximum absolute atomic E-state index is 3.63. The Bertz CT molecular complexity index is 120. The van der Waals surface area contributed by atoms with Gasteiger partial charge in [0.15, 0.2) is 0 Å². The van der Waals surface area contributed by atoms with Crippen LogP contribution in [-0.2, 0) is 0 Å². The van der Waals surface area contributed by atoms with Gasteiger partial charge in [-0.15, -0.1) is 12.4 Å². The zero-order valence-corrected chi connectivity index (χ0v) is 8.85. The molecule has 3 heteroatoms. The summed E-state index contributed by atoms with van der Waals surface area (Å²) < 4.78 is 0. The van der Waals surface area contributed by atoms with Crippen molar-refractivity contribution in [3.8, 4) is 0 Å². The molecule has 0 aromatic heterocycles. The number of rotatable bonds is 0. The SMILES string of the molecule is CC1(C)CCCC(C)(C)N1.Cl.[LiH]. The van der Waals surface area contributed by atoms with E-state index in [4.69, 9.17) is 0 Å². The molecule has 70 valence electrons. The van der Waals surface area contributed by atoms with Gasteiger partial charge in [0.25, 0.3) is 0 Å². The van der Waals surface area contributed by atoms with Gasteiger partial charge in [-0.25, -0.2) is 0 Å². The molecule has 1 fully saturated rings. The van der Waals surface area contributed by atoms with Crippen molar-refractivity contribution in [2.24, 2.45) is 0 Å². The summed E-state index contributed by atoms with van der Waals surface area (Å²) in [5.41, 5.74) is 0.726. The van der Waals surface area contributed by atoms with Crippen LogP contribution in [0.3, 0.4) is 0 Å². The Morgan fingerprint density at radius 3 is 1.42 bits per heavy atom. The first-order valence-electron chi connectivity index (χ1n) is 4.21. The molecule has 0 radical (unpaired) electrons. The summed E-state index contributed by atoms with van der Waals surface area (Å²) in [6.45, 7) is 9.14. The standard InChI is InChI=1S/C9H19N.ClH.Li.H/c1-8(2)6-5-7-9(3,4)10-8;;;/h10H,5-7H2,1-4H3;1H;;. The molecule has 0 aliphatic carbocycles. The second kappa shape index (κ2) is 4.91. The van der Waals surface area contributed by atoms with Gasteiger partial charge in [-0.1, -0.05) is 0 Å². The van der Waals surface area contributed by atoms with Gasteiger partial charge in [-0.3, -0.25) is 0 Å². The molecule has 0 aromatic rings. The third-order valence-corrected chi connectivity index (χ3v) is 2.28. The van der Waals surface area contributed by atoms with E-state index in [9.17, 15) is 0 Å². The summed E-state index contributed by atoms with van der Waals surface area (Å²) >= 11 is 0. The van der Waals surface area contributed by atoms with Crippen LogP contribution < -0.4 is 5.32 Å². The summed E-state index contributed by atoms with van der Waals surface area (Å²) in [6, 6.07) is 0. The number of hydrogen-bond acceptors (Lipinski definition) is 1. The van der Waals surface area contributed by atoms with Crippen LogP contribution in [0, 0.1) is 0 Å². The quantitative estimate of drug-likeness (QED) is 0.570. The van der Waals surface area contributed by atoms with Crippen molar-refractivity contribution in [1.29, 1.82) is 0 Å².